The Morgan fingerprint density at radius 2 is 2.14 bits per heavy atom. The number of nitrogens with one attached hydrogen (secondary N) is 2. The van der Waals surface area contributed by atoms with Crippen molar-refractivity contribution in [3.8, 4) is 0 Å². The molecule has 0 bridgehead atoms. The van der Waals surface area contributed by atoms with Crippen LogP contribution in [-0.4, -0.2) is 13.0 Å². The van der Waals surface area contributed by atoms with Crippen LogP contribution in [0.4, 0.5) is 14.5 Å². The minimum absolute atomic E-state index is 0.0245. The van der Waals surface area contributed by atoms with Crippen molar-refractivity contribution in [1.29, 1.82) is 0 Å². The van der Waals surface area contributed by atoms with Gasteiger partial charge in [-0.1, -0.05) is 0 Å². The van der Waals surface area contributed by atoms with Gasteiger partial charge in [0.2, 0.25) is 5.96 Å². The first-order valence-electron chi connectivity index (χ1n) is 3.83. The van der Waals surface area contributed by atoms with Gasteiger partial charge in [-0.3, -0.25) is 10.4 Å². The standard InChI is InChI=1S/C8H10F2N4/c1-12-8(14-11)13-7-4-5(9)2-3-6(7)10/h2-4H,11H2,1H3,(H2,12,13,14). The summed E-state index contributed by atoms with van der Waals surface area (Å²) in [5.74, 6) is 4.09. The fraction of sp³-hybridized carbons (Fsp3) is 0.125. The molecule has 1 rings (SSSR count). The normalized spacial score (nSPS) is 11.3. The van der Waals surface area contributed by atoms with Gasteiger partial charge in [-0.05, 0) is 12.1 Å². The molecule has 0 heterocycles. The first kappa shape index (κ1) is 10.4. The summed E-state index contributed by atoms with van der Waals surface area (Å²) in [5, 5.41) is 2.49. The highest BCUT2D eigenvalue weighted by Gasteiger charge is 2.04. The van der Waals surface area contributed by atoms with Crippen molar-refractivity contribution in [2.24, 2.45) is 10.8 Å². The molecule has 14 heavy (non-hydrogen) atoms. The molecule has 4 N–H and O–H groups in total. The average molecular weight is 200 g/mol. The molecule has 1 aromatic carbocycles. The predicted molar refractivity (Wildman–Crippen MR) is 50.7 cm³/mol. The summed E-state index contributed by atoms with van der Waals surface area (Å²) in [6, 6.07) is 3.05. The number of hydrazine groups is 1. The maximum atomic E-state index is 13.0. The summed E-state index contributed by atoms with van der Waals surface area (Å²) in [6.07, 6.45) is 0. The van der Waals surface area contributed by atoms with Crippen molar-refractivity contribution in [1.82, 2.24) is 5.43 Å². The van der Waals surface area contributed by atoms with Gasteiger partial charge in [-0.25, -0.2) is 14.6 Å². The fourth-order valence-corrected chi connectivity index (χ4v) is 0.877. The van der Waals surface area contributed by atoms with E-state index in [9.17, 15) is 8.78 Å². The van der Waals surface area contributed by atoms with Gasteiger partial charge in [-0.15, -0.1) is 0 Å². The van der Waals surface area contributed by atoms with Crippen LogP contribution in [-0.2, 0) is 0 Å². The quantitative estimate of drug-likeness (QED) is 0.272. The van der Waals surface area contributed by atoms with Crippen molar-refractivity contribution in [2.75, 3.05) is 12.4 Å². The Hall–Kier alpha value is -1.69. The van der Waals surface area contributed by atoms with E-state index in [2.05, 4.69) is 15.7 Å². The van der Waals surface area contributed by atoms with Gasteiger partial charge in [0.15, 0.2) is 0 Å². The number of benzene rings is 1. The lowest BCUT2D eigenvalue weighted by molar-refractivity contribution is 0.603. The summed E-state index contributed by atoms with van der Waals surface area (Å²) < 4.78 is 25.8. The van der Waals surface area contributed by atoms with Crippen LogP contribution >= 0.6 is 0 Å². The Morgan fingerprint density at radius 3 is 2.71 bits per heavy atom. The molecule has 0 aliphatic rings. The maximum absolute atomic E-state index is 13.0. The van der Waals surface area contributed by atoms with E-state index in [4.69, 9.17) is 5.84 Å². The van der Waals surface area contributed by atoms with E-state index in [1.807, 2.05) is 0 Å². The number of hydrogen-bond acceptors (Lipinski definition) is 2. The van der Waals surface area contributed by atoms with Gasteiger partial charge in [0.05, 0.1) is 5.69 Å². The lowest BCUT2D eigenvalue weighted by Crippen LogP contribution is -2.36. The monoisotopic (exact) mass is 200 g/mol. The molecule has 0 aliphatic carbocycles. The number of nitrogens with two attached hydrogens (primary N) is 1. The molecule has 1 aromatic rings. The van der Waals surface area contributed by atoms with E-state index in [0.29, 0.717) is 0 Å². The Balaban J connectivity index is 2.90. The van der Waals surface area contributed by atoms with Crippen molar-refractivity contribution >= 4 is 11.6 Å². The summed E-state index contributed by atoms with van der Waals surface area (Å²) in [5.41, 5.74) is 2.17. The number of guanidine groups is 1. The van der Waals surface area contributed by atoms with Crippen molar-refractivity contribution in [3.63, 3.8) is 0 Å². The summed E-state index contributed by atoms with van der Waals surface area (Å²) in [6.45, 7) is 0. The average Bonchev–Trinajstić information content (AvgIpc) is 2.19. The van der Waals surface area contributed by atoms with E-state index in [1.54, 1.807) is 0 Å². The van der Waals surface area contributed by atoms with E-state index in [0.717, 1.165) is 18.2 Å². The Morgan fingerprint density at radius 1 is 1.43 bits per heavy atom. The van der Waals surface area contributed by atoms with Crippen LogP contribution in [0.15, 0.2) is 23.2 Å². The Labute approximate surface area is 79.8 Å². The second kappa shape index (κ2) is 4.52. The zero-order chi connectivity index (χ0) is 10.6. The zero-order valence-electron chi connectivity index (χ0n) is 7.51. The number of nitrogens with zero attached hydrogens (tertiary/aromatic N) is 1. The van der Waals surface area contributed by atoms with E-state index in [1.165, 1.54) is 7.05 Å². The smallest absolute Gasteiger partial charge is 0.210 e. The molecule has 0 spiro atoms. The lowest BCUT2D eigenvalue weighted by Gasteiger charge is -2.08. The highest BCUT2D eigenvalue weighted by atomic mass is 19.1. The lowest BCUT2D eigenvalue weighted by atomic mass is 10.3. The molecule has 4 nitrogen and oxygen atoms in total. The van der Waals surface area contributed by atoms with E-state index >= 15 is 0 Å². The second-order valence-electron chi connectivity index (χ2n) is 2.47. The van der Waals surface area contributed by atoms with Crippen LogP contribution in [0, 0.1) is 11.6 Å². The highest BCUT2D eigenvalue weighted by Crippen LogP contribution is 2.14. The number of hydrogen-bond donors (Lipinski definition) is 3. The zero-order valence-corrected chi connectivity index (χ0v) is 7.51. The molecular weight excluding hydrogens is 190 g/mol. The molecule has 76 valence electrons. The molecule has 0 aliphatic heterocycles. The molecule has 0 saturated heterocycles. The molecular formula is C8H10F2N4. The van der Waals surface area contributed by atoms with E-state index < -0.39 is 11.6 Å². The molecule has 0 saturated carbocycles. The third-order valence-corrected chi connectivity index (χ3v) is 1.54. The third kappa shape index (κ3) is 2.40. The number of rotatable bonds is 1. The van der Waals surface area contributed by atoms with Crippen LogP contribution in [0.2, 0.25) is 0 Å². The van der Waals surface area contributed by atoms with Gasteiger partial charge >= 0.3 is 0 Å². The van der Waals surface area contributed by atoms with Gasteiger partial charge in [0.25, 0.3) is 0 Å². The molecule has 0 radical (unpaired) electrons. The molecule has 6 heteroatoms. The summed E-state index contributed by atoms with van der Waals surface area (Å²) in [4.78, 5) is 3.65. The largest absolute Gasteiger partial charge is 0.323 e. The predicted octanol–water partition coefficient (Wildman–Crippen LogP) is 0.826. The SMILES string of the molecule is CN=C(NN)Nc1cc(F)ccc1F. The minimum Gasteiger partial charge on any atom is -0.323 e. The topological polar surface area (TPSA) is 62.4 Å². The minimum atomic E-state index is -0.581. The molecule has 0 unspecified atom stereocenters. The highest BCUT2D eigenvalue weighted by molar-refractivity contribution is 5.93. The van der Waals surface area contributed by atoms with E-state index in [-0.39, 0.29) is 11.6 Å². The van der Waals surface area contributed by atoms with Crippen LogP contribution in [0.3, 0.4) is 0 Å². The second-order valence-corrected chi connectivity index (χ2v) is 2.47. The van der Waals surface area contributed by atoms with Crippen molar-refractivity contribution < 1.29 is 8.78 Å². The molecule has 0 fully saturated rings. The third-order valence-electron chi connectivity index (χ3n) is 1.54. The van der Waals surface area contributed by atoms with Crippen LogP contribution in [0.25, 0.3) is 0 Å². The number of aliphatic imine (C=N–C) groups is 1. The molecule has 0 amide bonds. The van der Waals surface area contributed by atoms with Crippen molar-refractivity contribution in [3.05, 3.63) is 29.8 Å². The van der Waals surface area contributed by atoms with Gasteiger partial charge in [0, 0.05) is 13.1 Å². The van der Waals surface area contributed by atoms with Crippen LogP contribution < -0.4 is 16.6 Å². The first-order chi connectivity index (χ1) is 6.67. The summed E-state index contributed by atoms with van der Waals surface area (Å²) in [7, 11) is 1.46. The maximum Gasteiger partial charge on any atom is 0.210 e. The van der Waals surface area contributed by atoms with Gasteiger partial charge in [0.1, 0.15) is 11.6 Å². The number of anilines is 1. The summed E-state index contributed by atoms with van der Waals surface area (Å²) >= 11 is 0. The van der Waals surface area contributed by atoms with Crippen LogP contribution in [0.5, 0.6) is 0 Å². The van der Waals surface area contributed by atoms with Crippen molar-refractivity contribution in [2.45, 2.75) is 0 Å². The molecule has 0 aromatic heterocycles. The first-order valence-corrected chi connectivity index (χ1v) is 3.83. The van der Waals surface area contributed by atoms with Gasteiger partial charge < -0.3 is 5.32 Å². The fourth-order valence-electron chi connectivity index (χ4n) is 0.877. The Bertz CT molecular complexity index is 351. The van der Waals surface area contributed by atoms with Gasteiger partial charge in [-0.2, -0.15) is 0 Å². The Kier molecular flexibility index (Phi) is 3.35. The van der Waals surface area contributed by atoms with Crippen LogP contribution in [0.1, 0.15) is 0 Å². The molecule has 0 atom stereocenters. The number of halogens is 2.